The summed E-state index contributed by atoms with van der Waals surface area (Å²) in [6, 6.07) is 5.88. The fourth-order valence-electron chi connectivity index (χ4n) is 2.96. The molecule has 0 spiro atoms. The second-order valence-corrected chi connectivity index (χ2v) is 5.74. The first-order valence-corrected chi connectivity index (χ1v) is 7.19. The van der Waals surface area contributed by atoms with Crippen molar-refractivity contribution in [1.29, 1.82) is 0 Å². The molecule has 2 unspecified atom stereocenters. The van der Waals surface area contributed by atoms with E-state index in [9.17, 15) is 9.59 Å². The molecule has 1 fully saturated rings. The van der Waals surface area contributed by atoms with Gasteiger partial charge in [-0.1, -0.05) is 0 Å². The quantitative estimate of drug-likeness (QED) is 0.733. The molecule has 1 aliphatic heterocycles. The molecule has 1 saturated heterocycles. The number of fused-ring (bicyclic) bond motifs is 1. The van der Waals surface area contributed by atoms with E-state index in [4.69, 9.17) is 4.74 Å². The highest BCUT2D eigenvalue weighted by atomic mass is 16.5. The molecule has 2 atom stereocenters. The molecule has 21 heavy (non-hydrogen) atoms. The van der Waals surface area contributed by atoms with Crippen LogP contribution in [-0.4, -0.2) is 28.2 Å². The van der Waals surface area contributed by atoms with Gasteiger partial charge in [-0.2, -0.15) is 0 Å². The average Bonchev–Trinajstić information content (AvgIpc) is 2.39. The van der Waals surface area contributed by atoms with Crippen LogP contribution < -0.4 is 16.4 Å². The topological polar surface area (TPSA) is 87.0 Å². The van der Waals surface area contributed by atoms with Crippen LogP contribution in [0.2, 0.25) is 0 Å². The first kappa shape index (κ1) is 13.9. The average molecular weight is 289 g/mol. The van der Waals surface area contributed by atoms with Crippen molar-refractivity contribution in [2.24, 2.45) is 0 Å². The largest absolute Gasteiger partial charge is 0.382 e. The van der Waals surface area contributed by atoms with Gasteiger partial charge in [-0.3, -0.25) is 9.59 Å². The number of benzene rings is 1. The van der Waals surface area contributed by atoms with Gasteiger partial charge in [0, 0.05) is 11.7 Å². The number of hydrogen-bond donors (Lipinski definition) is 3. The van der Waals surface area contributed by atoms with Crippen molar-refractivity contribution in [3.05, 3.63) is 38.9 Å². The van der Waals surface area contributed by atoms with Crippen LogP contribution in [0.4, 0.5) is 5.69 Å². The maximum atomic E-state index is 11.4. The minimum absolute atomic E-state index is 0.239. The molecule has 0 radical (unpaired) electrons. The first-order valence-electron chi connectivity index (χ1n) is 7.19. The Morgan fingerprint density at radius 2 is 1.67 bits per heavy atom. The second kappa shape index (κ2) is 5.37. The molecule has 2 heterocycles. The number of ether oxygens (including phenoxy) is 1. The monoisotopic (exact) mass is 289 g/mol. The van der Waals surface area contributed by atoms with E-state index in [1.807, 2.05) is 12.1 Å². The molecule has 3 rings (SSSR count). The lowest BCUT2D eigenvalue weighted by Gasteiger charge is -2.33. The molecule has 1 aromatic carbocycles. The molecule has 2 aromatic rings. The van der Waals surface area contributed by atoms with Crippen LogP contribution in [0, 0.1) is 0 Å². The zero-order valence-corrected chi connectivity index (χ0v) is 12.1. The first-order chi connectivity index (χ1) is 10.0. The van der Waals surface area contributed by atoms with Gasteiger partial charge in [0.25, 0.3) is 0 Å². The third kappa shape index (κ3) is 3.00. The third-order valence-corrected chi connectivity index (χ3v) is 3.79. The summed E-state index contributed by atoms with van der Waals surface area (Å²) in [7, 11) is 0. The number of aromatic amines is 2. The zero-order chi connectivity index (χ0) is 15.0. The van der Waals surface area contributed by atoms with Crippen molar-refractivity contribution in [2.75, 3.05) is 5.32 Å². The van der Waals surface area contributed by atoms with Crippen LogP contribution in [0.25, 0.3) is 11.0 Å². The molecule has 3 N–H and O–H groups in total. The van der Waals surface area contributed by atoms with E-state index in [-0.39, 0.29) is 12.2 Å². The number of H-pyrrole nitrogens is 2. The molecule has 1 aliphatic rings. The number of anilines is 1. The maximum Gasteiger partial charge on any atom is 0.314 e. The van der Waals surface area contributed by atoms with Crippen LogP contribution in [0.3, 0.4) is 0 Å². The minimum atomic E-state index is -0.632. The summed E-state index contributed by atoms with van der Waals surface area (Å²) in [5, 5.41) is 3.47. The summed E-state index contributed by atoms with van der Waals surface area (Å²) in [5.74, 6) is 0. The van der Waals surface area contributed by atoms with Crippen molar-refractivity contribution in [3.63, 3.8) is 0 Å². The van der Waals surface area contributed by atoms with E-state index >= 15 is 0 Å². The summed E-state index contributed by atoms with van der Waals surface area (Å²) in [4.78, 5) is 27.8. The van der Waals surface area contributed by atoms with Gasteiger partial charge in [-0.25, -0.2) is 0 Å². The fraction of sp³-hybridized carbons (Fsp3) is 0.467. The van der Waals surface area contributed by atoms with E-state index in [2.05, 4.69) is 29.1 Å². The Balaban J connectivity index is 1.86. The number of aromatic nitrogens is 2. The molecule has 6 heteroatoms. The van der Waals surface area contributed by atoms with E-state index in [0.29, 0.717) is 17.1 Å². The lowest BCUT2D eigenvalue weighted by Crippen LogP contribution is -2.36. The van der Waals surface area contributed by atoms with Crippen LogP contribution in [0.15, 0.2) is 27.8 Å². The van der Waals surface area contributed by atoms with Gasteiger partial charge in [-0.05, 0) is 44.9 Å². The lowest BCUT2D eigenvalue weighted by atomic mass is 9.99. The zero-order valence-electron chi connectivity index (χ0n) is 12.1. The Bertz CT molecular complexity index is 755. The van der Waals surface area contributed by atoms with Crippen LogP contribution >= 0.6 is 0 Å². The predicted molar refractivity (Wildman–Crippen MR) is 81.8 cm³/mol. The van der Waals surface area contributed by atoms with E-state index in [0.717, 1.165) is 18.5 Å². The molecular formula is C15H19N3O3. The van der Waals surface area contributed by atoms with E-state index < -0.39 is 11.1 Å². The molecular weight excluding hydrogens is 270 g/mol. The summed E-state index contributed by atoms with van der Waals surface area (Å²) >= 11 is 0. The standard InChI is InChI=1S/C15H19N3O3/c1-8-5-11(6-9(2)21-8)16-10-3-4-12-13(7-10)18-15(20)14(19)17-12/h3-4,7-9,11,16H,5-6H2,1-2H3,(H,17,19)(H,18,20). The Kier molecular flexibility index (Phi) is 3.55. The lowest BCUT2D eigenvalue weighted by molar-refractivity contribution is -0.0337. The Labute approximate surface area is 121 Å². The van der Waals surface area contributed by atoms with E-state index in [1.165, 1.54) is 0 Å². The maximum absolute atomic E-state index is 11.4. The van der Waals surface area contributed by atoms with Gasteiger partial charge in [0.15, 0.2) is 0 Å². The molecule has 0 bridgehead atoms. The Morgan fingerprint density at radius 1 is 1.05 bits per heavy atom. The summed E-state index contributed by atoms with van der Waals surface area (Å²) in [6.45, 7) is 4.15. The Hall–Kier alpha value is -2.08. The second-order valence-electron chi connectivity index (χ2n) is 5.74. The van der Waals surface area contributed by atoms with E-state index in [1.54, 1.807) is 6.07 Å². The number of rotatable bonds is 2. The van der Waals surface area contributed by atoms with Crippen molar-refractivity contribution < 1.29 is 4.74 Å². The van der Waals surface area contributed by atoms with Crippen molar-refractivity contribution >= 4 is 16.7 Å². The van der Waals surface area contributed by atoms with Gasteiger partial charge in [0.05, 0.1) is 23.2 Å². The summed E-state index contributed by atoms with van der Waals surface area (Å²) < 4.78 is 5.73. The molecule has 0 amide bonds. The highest BCUT2D eigenvalue weighted by Gasteiger charge is 2.24. The van der Waals surface area contributed by atoms with Crippen molar-refractivity contribution in [2.45, 2.75) is 44.9 Å². The number of nitrogens with one attached hydrogen (secondary N) is 3. The molecule has 112 valence electrons. The molecule has 6 nitrogen and oxygen atoms in total. The van der Waals surface area contributed by atoms with Gasteiger partial charge < -0.3 is 20.0 Å². The highest BCUT2D eigenvalue weighted by Crippen LogP contribution is 2.23. The Morgan fingerprint density at radius 3 is 2.33 bits per heavy atom. The van der Waals surface area contributed by atoms with Crippen LogP contribution in [-0.2, 0) is 4.74 Å². The van der Waals surface area contributed by atoms with Crippen LogP contribution in [0.1, 0.15) is 26.7 Å². The van der Waals surface area contributed by atoms with Crippen molar-refractivity contribution in [3.8, 4) is 0 Å². The third-order valence-electron chi connectivity index (χ3n) is 3.79. The molecule has 0 saturated carbocycles. The van der Waals surface area contributed by atoms with Gasteiger partial charge in [0.2, 0.25) is 0 Å². The highest BCUT2D eigenvalue weighted by molar-refractivity contribution is 5.78. The summed E-state index contributed by atoms with van der Waals surface area (Å²) in [5.41, 5.74) is 0.913. The minimum Gasteiger partial charge on any atom is -0.382 e. The van der Waals surface area contributed by atoms with Gasteiger partial charge >= 0.3 is 11.1 Å². The van der Waals surface area contributed by atoms with Crippen molar-refractivity contribution in [1.82, 2.24) is 9.97 Å². The fourth-order valence-corrected chi connectivity index (χ4v) is 2.96. The normalized spacial score (nSPS) is 25.9. The molecule has 0 aliphatic carbocycles. The van der Waals surface area contributed by atoms with Crippen LogP contribution in [0.5, 0.6) is 0 Å². The van der Waals surface area contributed by atoms with Gasteiger partial charge in [-0.15, -0.1) is 0 Å². The SMILES string of the molecule is CC1CC(Nc2ccc3[nH]c(=O)c(=O)[nH]c3c2)CC(C)O1. The smallest absolute Gasteiger partial charge is 0.314 e. The van der Waals surface area contributed by atoms with Gasteiger partial charge in [0.1, 0.15) is 0 Å². The molecule has 1 aromatic heterocycles. The summed E-state index contributed by atoms with van der Waals surface area (Å²) in [6.07, 6.45) is 2.38. The predicted octanol–water partition coefficient (Wildman–Crippen LogP) is 1.58. The number of hydrogen-bond acceptors (Lipinski definition) is 4.